The van der Waals surface area contributed by atoms with Gasteiger partial charge >= 0.3 is 0 Å². The Labute approximate surface area is 116 Å². The zero-order chi connectivity index (χ0) is 14.5. The van der Waals surface area contributed by atoms with E-state index in [1.54, 1.807) is 24.3 Å². The number of nitriles is 1. The fourth-order valence-electron chi connectivity index (χ4n) is 2.19. The molecular weight excluding hydrogens is 258 g/mol. The van der Waals surface area contributed by atoms with Gasteiger partial charge in [-0.25, -0.2) is 0 Å². The molecule has 1 fully saturated rings. The third-order valence-corrected chi connectivity index (χ3v) is 3.25. The number of primary amides is 1. The molecule has 2 atom stereocenters. The van der Waals surface area contributed by atoms with Crippen LogP contribution in [0.3, 0.4) is 0 Å². The molecule has 2 N–H and O–H groups in total. The van der Waals surface area contributed by atoms with Crippen LogP contribution in [0, 0.1) is 11.3 Å². The highest BCUT2D eigenvalue weighted by atomic mass is 16.5. The lowest BCUT2D eigenvalue weighted by atomic mass is 9.98. The summed E-state index contributed by atoms with van der Waals surface area (Å²) in [5.41, 5.74) is 5.89. The molecule has 1 saturated heterocycles. The molecule has 20 heavy (non-hydrogen) atoms. The van der Waals surface area contributed by atoms with E-state index in [0.29, 0.717) is 12.2 Å². The number of amides is 2. The molecule has 0 spiro atoms. The third kappa shape index (κ3) is 2.78. The fourth-order valence-corrected chi connectivity index (χ4v) is 2.19. The van der Waals surface area contributed by atoms with Crippen molar-refractivity contribution in [2.75, 3.05) is 19.8 Å². The second-order valence-corrected chi connectivity index (χ2v) is 4.50. The number of benzene rings is 1. The van der Waals surface area contributed by atoms with Crippen LogP contribution < -0.4 is 5.73 Å². The summed E-state index contributed by atoms with van der Waals surface area (Å²) < 4.78 is 5.17. The van der Waals surface area contributed by atoms with E-state index in [1.165, 1.54) is 4.90 Å². The lowest BCUT2D eigenvalue weighted by Crippen LogP contribution is -2.55. The van der Waals surface area contributed by atoms with E-state index < -0.39 is 23.8 Å². The van der Waals surface area contributed by atoms with Crippen molar-refractivity contribution in [3.8, 4) is 6.07 Å². The lowest BCUT2D eigenvalue weighted by molar-refractivity contribution is -0.147. The minimum Gasteiger partial charge on any atom is -0.377 e. The number of nitrogens with zero attached hydrogens (tertiary/aromatic N) is 2. The molecule has 2 amide bonds. The van der Waals surface area contributed by atoms with E-state index >= 15 is 0 Å². The Morgan fingerprint density at radius 3 is 2.70 bits per heavy atom. The van der Waals surface area contributed by atoms with Crippen LogP contribution in [-0.2, 0) is 14.3 Å². The molecule has 1 aliphatic heterocycles. The topological polar surface area (TPSA) is 96.4 Å². The number of ether oxygens (including phenoxy) is 1. The molecule has 1 heterocycles. The van der Waals surface area contributed by atoms with Crippen LogP contribution >= 0.6 is 0 Å². The minimum atomic E-state index is -0.934. The van der Waals surface area contributed by atoms with Gasteiger partial charge in [-0.1, -0.05) is 30.3 Å². The lowest BCUT2D eigenvalue weighted by Gasteiger charge is -2.34. The molecule has 6 heteroatoms. The predicted molar refractivity (Wildman–Crippen MR) is 70.3 cm³/mol. The molecule has 0 aromatic heterocycles. The highest BCUT2D eigenvalue weighted by molar-refractivity contribution is 5.91. The predicted octanol–water partition coefficient (Wildman–Crippen LogP) is 0.00648. The van der Waals surface area contributed by atoms with Crippen LogP contribution in [0.25, 0.3) is 0 Å². The quantitative estimate of drug-likeness (QED) is 0.838. The molecule has 6 nitrogen and oxygen atoms in total. The maximum atomic E-state index is 12.5. The standard InChI is InChI=1S/C14H15N3O3/c15-8-11(10-4-2-1-3-5-10)14(19)17-6-7-20-9-12(17)13(16)18/h1-5,11-12H,6-7,9H2,(H2,16,18). The van der Waals surface area contributed by atoms with E-state index in [-0.39, 0.29) is 13.2 Å². The summed E-state index contributed by atoms with van der Waals surface area (Å²) in [6.45, 7) is 0.675. The van der Waals surface area contributed by atoms with Crippen molar-refractivity contribution in [3.05, 3.63) is 35.9 Å². The van der Waals surface area contributed by atoms with Crippen LogP contribution in [0.2, 0.25) is 0 Å². The normalized spacial score (nSPS) is 19.9. The second-order valence-electron chi connectivity index (χ2n) is 4.50. The summed E-state index contributed by atoms with van der Waals surface area (Å²) >= 11 is 0. The first-order valence-corrected chi connectivity index (χ1v) is 6.27. The Balaban J connectivity index is 2.24. The summed E-state index contributed by atoms with van der Waals surface area (Å²) in [6.07, 6.45) is 0. The molecular formula is C14H15N3O3. The first kappa shape index (κ1) is 14.0. The van der Waals surface area contributed by atoms with Crippen molar-refractivity contribution in [2.24, 2.45) is 5.73 Å². The van der Waals surface area contributed by atoms with Gasteiger partial charge in [-0.05, 0) is 5.56 Å². The summed E-state index contributed by atoms with van der Waals surface area (Å²) in [5.74, 6) is -1.97. The maximum Gasteiger partial charge on any atom is 0.245 e. The van der Waals surface area contributed by atoms with Gasteiger partial charge in [0.1, 0.15) is 12.0 Å². The van der Waals surface area contributed by atoms with E-state index in [2.05, 4.69) is 0 Å². The van der Waals surface area contributed by atoms with Crippen molar-refractivity contribution < 1.29 is 14.3 Å². The molecule has 104 valence electrons. The van der Waals surface area contributed by atoms with Crippen molar-refractivity contribution in [2.45, 2.75) is 12.0 Å². The van der Waals surface area contributed by atoms with Gasteiger partial charge in [0.05, 0.1) is 19.3 Å². The zero-order valence-corrected chi connectivity index (χ0v) is 10.9. The van der Waals surface area contributed by atoms with Crippen molar-refractivity contribution >= 4 is 11.8 Å². The molecule has 0 radical (unpaired) electrons. The van der Waals surface area contributed by atoms with Crippen LogP contribution in [0.1, 0.15) is 11.5 Å². The summed E-state index contributed by atoms with van der Waals surface area (Å²) in [6, 6.07) is 9.94. The van der Waals surface area contributed by atoms with Crippen LogP contribution in [0.15, 0.2) is 30.3 Å². The van der Waals surface area contributed by atoms with Gasteiger partial charge in [-0.3, -0.25) is 9.59 Å². The number of hydrogen-bond acceptors (Lipinski definition) is 4. The van der Waals surface area contributed by atoms with Gasteiger partial charge in [0.15, 0.2) is 0 Å². The highest BCUT2D eigenvalue weighted by Crippen LogP contribution is 2.20. The SMILES string of the molecule is N#CC(C(=O)N1CCOCC1C(N)=O)c1ccccc1. The molecule has 2 rings (SSSR count). The second kappa shape index (κ2) is 6.17. The average molecular weight is 273 g/mol. The Bertz CT molecular complexity index is 538. The van der Waals surface area contributed by atoms with Gasteiger partial charge in [0, 0.05) is 6.54 Å². The Hall–Kier alpha value is -2.39. The number of nitrogens with two attached hydrogens (primary N) is 1. The van der Waals surface area contributed by atoms with Crippen molar-refractivity contribution in [3.63, 3.8) is 0 Å². The first-order valence-electron chi connectivity index (χ1n) is 6.27. The van der Waals surface area contributed by atoms with Crippen LogP contribution in [0.5, 0.6) is 0 Å². The molecule has 1 aromatic rings. The van der Waals surface area contributed by atoms with Gasteiger partial charge in [-0.2, -0.15) is 5.26 Å². The summed E-state index contributed by atoms with van der Waals surface area (Å²) in [4.78, 5) is 25.2. The Morgan fingerprint density at radius 1 is 1.40 bits per heavy atom. The van der Waals surface area contributed by atoms with Crippen molar-refractivity contribution in [1.82, 2.24) is 4.90 Å². The van der Waals surface area contributed by atoms with Gasteiger partial charge in [0.25, 0.3) is 0 Å². The Morgan fingerprint density at radius 2 is 2.10 bits per heavy atom. The number of rotatable bonds is 3. The summed E-state index contributed by atoms with van der Waals surface area (Å²) in [5, 5.41) is 9.26. The van der Waals surface area contributed by atoms with E-state index in [0.717, 1.165) is 0 Å². The number of carbonyl (C=O) groups excluding carboxylic acids is 2. The minimum absolute atomic E-state index is 0.0774. The average Bonchev–Trinajstić information content (AvgIpc) is 2.49. The van der Waals surface area contributed by atoms with Crippen molar-refractivity contribution in [1.29, 1.82) is 5.26 Å². The molecule has 1 aromatic carbocycles. The monoisotopic (exact) mass is 273 g/mol. The van der Waals surface area contributed by atoms with E-state index in [4.69, 9.17) is 10.5 Å². The summed E-state index contributed by atoms with van der Waals surface area (Å²) in [7, 11) is 0. The van der Waals surface area contributed by atoms with Gasteiger partial charge in [-0.15, -0.1) is 0 Å². The number of hydrogen-bond donors (Lipinski definition) is 1. The highest BCUT2D eigenvalue weighted by Gasteiger charge is 2.35. The van der Waals surface area contributed by atoms with Gasteiger partial charge < -0.3 is 15.4 Å². The van der Waals surface area contributed by atoms with Crippen LogP contribution in [-0.4, -0.2) is 42.5 Å². The smallest absolute Gasteiger partial charge is 0.245 e. The molecule has 0 bridgehead atoms. The van der Waals surface area contributed by atoms with Crippen LogP contribution in [0.4, 0.5) is 0 Å². The zero-order valence-electron chi connectivity index (χ0n) is 10.9. The molecule has 0 saturated carbocycles. The van der Waals surface area contributed by atoms with E-state index in [9.17, 15) is 14.9 Å². The molecule has 2 unspecified atom stereocenters. The largest absolute Gasteiger partial charge is 0.377 e. The maximum absolute atomic E-state index is 12.5. The third-order valence-electron chi connectivity index (χ3n) is 3.25. The first-order chi connectivity index (χ1) is 9.65. The molecule has 1 aliphatic rings. The Kier molecular flexibility index (Phi) is 4.33. The van der Waals surface area contributed by atoms with Gasteiger partial charge in [0.2, 0.25) is 11.8 Å². The van der Waals surface area contributed by atoms with E-state index in [1.807, 2.05) is 12.1 Å². The number of carbonyl (C=O) groups is 2. The number of morpholine rings is 1. The fraction of sp³-hybridized carbons (Fsp3) is 0.357. The molecule has 0 aliphatic carbocycles.